The molecule has 5 nitrogen and oxygen atoms in total. The van der Waals surface area contributed by atoms with Gasteiger partial charge in [-0.25, -0.2) is 0 Å². The van der Waals surface area contributed by atoms with Crippen molar-refractivity contribution < 1.29 is 14.3 Å². The molecule has 2 aliphatic rings. The quantitative estimate of drug-likeness (QED) is 0.906. The maximum atomic E-state index is 12.3. The number of nitrogens with one attached hydrogen (secondary N) is 1. The number of piperidine rings is 1. The third-order valence-corrected chi connectivity index (χ3v) is 4.08. The average molecular weight is 288 g/mol. The Morgan fingerprint density at radius 1 is 1.43 bits per heavy atom. The van der Waals surface area contributed by atoms with Crippen molar-refractivity contribution in [1.29, 1.82) is 0 Å². The van der Waals surface area contributed by atoms with Crippen LogP contribution in [-0.4, -0.2) is 35.9 Å². The molecule has 2 heterocycles. The van der Waals surface area contributed by atoms with E-state index >= 15 is 0 Å². The number of rotatable bonds is 2. The number of anilines is 1. The van der Waals surface area contributed by atoms with Crippen LogP contribution in [0.15, 0.2) is 24.3 Å². The van der Waals surface area contributed by atoms with Gasteiger partial charge in [-0.3, -0.25) is 9.59 Å². The van der Waals surface area contributed by atoms with Crippen molar-refractivity contribution in [3.8, 4) is 5.75 Å². The number of carbonyl (C=O) groups excluding carboxylic acids is 2. The minimum atomic E-state index is -0.732. The van der Waals surface area contributed by atoms with Gasteiger partial charge in [0, 0.05) is 13.1 Å². The van der Waals surface area contributed by atoms with E-state index in [1.54, 1.807) is 12.1 Å². The Labute approximate surface area is 124 Å². The number of fused-ring (bicyclic) bond motifs is 1. The number of para-hydroxylation sites is 2. The fraction of sp³-hybridized carbons (Fsp3) is 0.500. The van der Waals surface area contributed by atoms with Crippen LogP contribution in [0.5, 0.6) is 5.75 Å². The van der Waals surface area contributed by atoms with Gasteiger partial charge in [0.1, 0.15) is 5.75 Å². The van der Waals surface area contributed by atoms with Gasteiger partial charge < -0.3 is 15.0 Å². The highest BCUT2D eigenvalue weighted by Crippen LogP contribution is 2.30. The third kappa shape index (κ3) is 3.01. The minimum absolute atomic E-state index is 0.00100. The van der Waals surface area contributed by atoms with Gasteiger partial charge in [0.25, 0.3) is 5.91 Å². The monoisotopic (exact) mass is 288 g/mol. The molecule has 5 heteroatoms. The number of likely N-dealkylation sites (tertiary alicyclic amines) is 1. The summed E-state index contributed by atoms with van der Waals surface area (Å²) in [5.41, 5.74) is 0.665. The lowest BCUT2D eigenvalue weighted by atomic mass is 9.99. The molecule has 3 rings (SSSR count). The smallest absolute Gasteiger partial charge is 0.266 e. The molecule has 21 heavy (non-hydrogen) atoms. The first-order chi connectivity index (χ1) is 10.1. The SMILES string of the molecule is CC1CCCN(C(=O)CC2Oc3ccccc3NC2=O)C1. The molecule has 0 aromatic heterocycles. The highest BCUT2D eigenvalue weighted by Gasteiger charge is 2.32. The Kier molecular flexibility index (Phi) is 3.82. The molecule has 1 aromatic carbocycles. The molecular formula is C16H20N2O3. The third-order valence-electron chi connectivity index (χ3n) is 4.08. The molecule has 0 spiro atoms. The fourth-order valence-electron chi connectivity index (χ4n) is 2.93. The van der Waals surface area contributed by atoms with Crippen LogP contribution in [0.25, 0.3) is 0 Å². The van der Waals surface area contributed by atoms with Gasteiger partial charge in [-0.2, -0.15) is 0 Å². The number of nitrogens with zero attached hydrogens (tertiary/aromatic N) is 1. The van der Waals surface area contributed by atoms with Gasteiger partial charge in [-0.1, -0.05) is 19.1 Å². The van der Waals surface area contributed by atoms with E-state index in [-0.39, 0.29) is 18.2 Å². The van der Waals surface area contributed by atoms with Gasteiger partial charge in [0.2, 0.25) is 5.91 Å². The summed E-state index contributed by atoms with van der Waals surface area (Å²) in [6, 6.07) is 7.28. The molecule has 2 unspecified atom stereocenters. The van der Waals surface area contributed by atoms with Crippen molar-refractivity contribution in [2.45, 2.75) is 32.3 Å². The molecule has 2 atom stereocenters. The first-order valence-corrected chi connectivity index (χ1v) is 7.48. The van der Waals surface area contributed by atoms with Crippen LogP contribution in [0.4, 0.5) is 5.69 Å². The van der Waals surface area contributed by atoms with Gasteiger partial charge in [0.15, 0.2) is 6.10 Å². The summed E-state index contributed by atoms with van der Waals surface area (Å²) < 4.78 is 5.67. The van der Waals surface area contributed by atoms with Crippen LogP contribution in [0, 0.1) is 5.92 Å². The van der Waals surface area contributed by atoms with Crippen LogP contribution in [-0.2, 0) is 9.59 Å². The Bertz CT molecular complexity index is 558. The zero-order chi connectivity index (χ0) is 14.8. The van der Waals surface area contributed by atoms with Gasteiger partial charge in [-0.15, -0.1) is 0 Å². The predicted molar refractivity (Wildman–Crippen MR) is 79.1 cm³/mol. The van der Waals surface area contributed by atoms with Gasteiger partial charge >= 0.3 is 0 Å². The van der Waals surface area contributed by atoms with Crippen LogP contribution >= 0.6 is 0 Å². The standard InChI is InChI=1S/C16H20N2O3/c1-11-5-4-8-18(10-11)15(19)9-14-16(20)17-12-6-2-3-7-13(12)21-14/h2-3,6-7,11,14H,4-5,8-10H2,1H3,(H,17,20). The number of ether oxygens (including phenoxy) is 1. The normalized spacial score (nSPS) is 24.8. The van der Waals surface area contributed by atoms with E-state index in [0.29, 0.717) is 17.4 Å². The lowest BCUT2D eigenvalue weighted by Crippen LogP contribution is -2.45. The van der Waals surface area contributed by atoms with E-state index < -0.39 is 6.10 Å². The van der Waals surface area contributed by atoms with Gasteiger partial charge in [0.05, 0.1) is 12.1 Å². The summed E-state index contributed by atoms with van der Waals surface area (Å²) in [7, 11) is 0. The summed E-state index contributed by atoms with van der Waals surface area (Å²) in [6.07, 6.45) is 1.57. The topological polar surface area (TPSA) is 58.6 Å². The second-order valence-electron chi connectivity index (χ2n) is 5.88. The van der Waals surface area contributed by atoms with Crippen molar-refractivity contribution in [1.82, 2.24) is 4.90 Å². The van der Waals surface area contributed by atoms with Gasteiger partial charge in [-0.05, 0) is 30.9 Å². The van der Waals surface area contributed by atoms with E-state index in [1.165, 1.54) is 0 Å². The number of carbonyl (C=O) groups is 2. The number of amides is 2. The Morgan fingerprint density at radius 2 is 2.24 bits per heavy atom. The van der Waals surface area contributed by atoms with Crippen LogP contribution < -0.4 is 10.1 Å². The molecule has 1 N–H and O–H groups in total. The van der Waals surface area contributed by atoms with Crippen molar-refractivity contribution in [3.63, 3.8) is 0 Å². The highest BCUT2D eigenvalue weighted by molar-refractivity contribution is 5.99. The maximum absolute atomic E-state index is 12.3. The molecule has 112 valence electrons. The number of benzene rings is 1. The van der Waals surface area contributed by atoms with Crippen molar-refractivity contribution >= 4 is 17.5 Å². The lowest BCUT2D eigenvalue weighted by molar-refractivity contribution is -0.138. The summed E-state index contributed by atoms with van der Waals surface area (Å²) in [5, 5.41) is 2.79. The van der Waals surface area contributed by atoms with Crippen molar-refractivity contribution in [2.24, 2.45) is 5.92 Å². The predicted octanol–water partition coefficient (Wildman–Crippen LogP) is 2.03. The highest BCUT2D eigenvalue weighted by atomic mass is 16.5. The Hall–Kier alpha value is -2.04. The van der Waals surface area contributed by atoms with Crippen molar-refractivity contribution in [3.05, 3.63) is 24.3 Å². The van der Waals surface area contributed by atoms with E-state index in [4.69, 9.17) is 4.74 Å². The minimum Gasteiger partial charge on any atom is -0.478 e. The van der Waals surface area contributed by atoms with Crippen LogP contribution in [0.3, 0.4) is 0 Å². The van der Waals surface area contributed by atoms with E-state index in [0.717, 1.165) is 25.9 Å². The van der Waals surface area contributed by atoms with Crippen molar-refractivity contribution in [2.75, 3.05) is 18.4 Å². The molecule has 2 amide bonds. The molecule has 0 saturated carbocycles. The molecule has 1 fully saturated rings. The van der Waals surface area contributed by atoms with E-state index in [2.05, 4.69) is 12.2 Å². The van der Waals surface area contributed by atoms with Crippen LogP contribution in [0.2, 0.25) is 0 Å². The maximum Gasteiger partial charge on any atom is 0.266 e. The molecule has 2 aliphatic heterocycles. The van der Waals surface area contributed by atoms with E-state index in [1.807, 2.05) is 17.0 Å². The molecule has 1 aromatic rings. The second kappa shape index (κ2) is 5.76. The first-order valence-electron chi connectivity index (χ1n) is 7.48. The second-order valence-corrected chi connectivity index (χ2v) is 5.88. The molecule has 0 bridgehead atoms. The summed E-state index contributed by atoms with van der Waals surface area (Å²) >= 11 is 0. The molecule has 0 radical (unpaired) electrons. The summed E-state index contributed by atoms with van der Waals surface area (Å²) in [6.45, 7) is 3.72. The van der Waals surface area contributed by atoms with Crippen LogP contribution in [0.1, 0.15) is 26.2 Å². The Morgan fingerprint density at radius 3 is 3.05 bits per heavy atom. The van der Waals surface area contributed by atoms with E-state index in [9.17, 15) is 9.59 Å². The largest absolute Gasteiger partial charge is 0.478 e. The summed E-state index contributed by atoms with van der Waals surface area (Å²) in [5.74, 6) is 0.916. The lowest BCUT2D eigenvalue weighted by Gasteiger charge is -2.32. The Balaban J connectivity index is 1.65. The molecule has 1 saturated heterocycles. The average Bonchev–Trinajstić information content (AvgIpc) is 2.48. The zero-order valence-electron chi connectivity index (χ0n) is 12.2. The zero-order valence-corrected chi connectivity index (χ0v) is 12.2. The fourth-order valence-corrected chi connectivity index (χ4v) is 2.93. The number of hydrogen-bond acceptors (Lipinski definition) is 3. The summed E-state index contributed by atoms with van der Waals surface area (Å²) in [4.78, 5) is 26.2. The number of hydrogen-bond donors (Lipinski definition) is 1. The molecular weight excluding hydrogens is 268 g/mol. The molecule has 0 aliphatic carbocycles. The first kappa shape index (κ1) is 13.9.